The van der Waals surface area contributed by atoms with Crippen LogP contribution in [0.2, 0.25) is 0 Å². The molecular formula is C22H23F3N2O2. The van der Waals surface area contributed by atoms with Gasteiger partial charge in [-0.25, -0.2) is 0 Å². The van der Waals surface area contributed by atoms with E-state index in [0.717, 1.165) is 29.0 Å². The Morgan fingerprint density at radius 3 is 2.17 bits per heavy atom. The van der Waals surface area contributed by atoms with Crippen molar-refractivity contribution in [3.63, 3.8) is 0 Å². The molecule has 154 valence electrons. The van der Waals surface area contributed by atoms with Gasteiger partial charge in [-0.3, -0.25) is 9.69 Å². The highest BCUT2D eigenvalue weighted by Crippen LogP contribution is 2.29. The van der Waals surface area contributed by atoms with Crippen LogP contribution >= 0.6 is 0 Å². The van der Waals surface area contributed by atoms with E-state index in [4.69, 9.17) is 4.74 Å². The Kier molecular flexibility index (Phi) is 6.59. The molecule has 0 aromatic heterocycles. The molecule has 7 heteroatoms. The van der Waals surface area contributed by atoms with Crippen LogP contribution in [0.3, 0.4) is 0 Å². The van der Waals surface area contributed by atoms with Crippen LogP contribution in [0.4, 0.5) is 13.2 Å². The summed E-state index contributed by atoms with van der Waals surface area (Å²) in [5, 5.41) is 0. The maximum absolute atomic E-state index is 12.6. The highest BCUT2D eigenvalue weighted by Gasteiger charge is 2.30. The van der Waals surface area contributed by atoms with E-state index in [1.165, 1.54) is 12.1 Å². The number of ether oxygens (including phenoxy) is 1. The Labute approximate surface area is 168 Å². The quantitative estimate of drug-likeness (QED) is 0.705. The molecule has 1 fully saturated rings. The van der Waals surface area contributed by atoms with E-state index >= 15 is 0 Å². The maximum Gasteiger partial charge on any atom is 0.416 e. The minimum absolute atomic E-state index is 0.0463. The number of hydrogen-bond acceptors (Lipinski definition) is 3. The molecule has 4 nitrogen and oxygen atoms in total. The molecule has 2 aromatic rings. The minimum Gasteiger partial charge on any atom is -0.497 e. The summed E-state index contributed by atoms with van der Waals surface area (Å²) in [6.45, 7) is 3.12. The number of halogens is 3. The molecule has 1 aliphatic heterocycles. The fourth-order valence-electron chi connectivity index (χ4n) is 3.17. The Morgan fingerprint density at radius 1 is 1.00 bits per heavy atom. The summed E-state index contributed by atoms with van der Waals surface area (Å²) in [5.74, 6) is 0.715. The van der Waals surface area contributed by atoms with E-state index in [0.29, 0.717) is 32.7 Å². The lowest BCUT2D eigenvalue weighted by Gasteiger charge is -2.34. The molecule has 2 aromatic carbocycles. The van der Waals surface area contributed by atoms with Gasteiger partial charge in [0.05, 0.1) is 12.7 Å². The molecule has 0 radical (unpaired) electrons. The number of benzene rings is 2. The van der Waals surface area contributed by atoms with Crippen molar-refractivity contribution in [2.24, 2.45) is 0 Å². The van der Waals surface area contributed by atoms with E-state index in [9.17, 15) is 18.0 Å². The number of rotatable bonds is 5. The van der Waals surface area contributed by atoms with Gasteiger partial charge in [-0.1, -0.05) is 24.3 Å². The van der Waals surface area contributed by atoms with Gasteiger partial charge >= 0.3 is 6.18 Å². The highest BCUT2D eigenvalue weighted by molar-refractivity contribution is 5.91. The normalized spacial score (nSPS) is 15.7. The van der Waals surface area contributed by atoms with Gasteiger partial charge in [0.1, 0.15) is 5.75 Å². The van der Waals surface area contributed by atoms with Crippen LogP contribution in [0, 0.1) is 0 Å². The number of nitrogens with zero attached hydrogens (tertiary/aromatic N) is 2. The molecule has 29 heavy (non-hydrogen) atoms. The standard InChI is InChI=1S/C22H23F3N2O2/c1-29-20-9-4-17(5-10-20)6-11-21(28)27-14-12-26(13-15-27)16-18-2-7-19(8-3-18)22(23,24)25/h2-11H,12-16H2,1H3/b11-6+. The lowest BCUT2D eigenvalue weighted by atomic mass is 10.1. The van der Waals surface area contributed by atoms with E-state index in [1.807, 2.05) is 24.3 Å². The van der Waals surface area contributed by atoms with Gasteiger partial charge in [0, 0.05) is 38.8 Å². The molecule has 0 bridgehead atoms. The number of alkyl halides is 3. The number of hydrogen-bond donors (Lipinski definition) is 0. The lowest BCUT2D eigenvalue weighted by Crippen LogP contribution is -2.47. The van der Waals surface area contributed by atoms with Crippen LogP contribution in [0.1, 0.15) is 16.7 Å². The predicted octanol–water partition coefficient (Wildman–Crippen LogP) is 4.07. The number of carbonyl (C=O) groups is 1. The predicted molar refractivity (Wildman–Crippen MR) is 105 cm³/mol. The molecule has 1 amide bonds. The summed E-state index contributed by atoms with van der Waals surface area (Å²) >= 11 is 0. The second-order valence-electron chi connectivity index (χ2n) is 6.90. The van der Waals surface area contributed by atoms with Gasteiger partial charge in [-0.2, -0.15) is 13.2 Å². The molecule has 3 rings (SSSR count). The molecular weight excluding hydrogens is 381 g/mol. The molecule has 0 aliphatic carbocycles. The molecule has 0 unspecified atom stereocenters. The number of methoxy groups -OCH3 is 1. The topological polar surface area (TPSA) is 32.8 Å². The SMILES string of the molecule is COc1ccc(/C=C/C(=O)N2CCN(Cc3ccc(C(F)(F)F)cc3)CC2)cc1. The monoisotopic (exact) mass is 404 g/mol. The van der Waals surface area contributed by atoms with Crippen LogP contribution in [-0.4, -0.2) is 49.0 Å². The first-order valence-corrected chi connectivity index (χ1v) is 9.35. The van der Waals surface area contributed by atoms with Crippen LogP contribution in [0.5, 0.6) is 5.75 Å². The van der Waals surface area contributed by atoms with Crippen molar-refractivity contribution in [3.8, 4) is 5.75 Å². The van der Waals surface area contributed by atoms with Crippen molar-refractivity contribution in [3.05, 3.63) is 71.3 Å². The van der Waals surface area contributed by atoms with Crippen molar-refractivity contribution in [2.75, 3.05) is 33.3 Å². The van der Waals surface area contributed by atoms with E-state index in [2.05, 4.69) is 4.90 Å². The van der Waals surface area contributed by atoms with E-state index < -0.39 is 11.7 Å². The van der Waals surface area contributed by atoms with Crippen LogP contribution in [-0.2, 0) is 17.5 Å². The first-order valence-electron chi connectivity index (χ1n) is 9.35. The van der Waals surface area contributed by atoms with Gasteiger partial charge < -0.3 is 9.64 Å². The van der Waals surface area contributed by atoms with Crippen molar-refractivity contribution >= 4 is 12.0 Å². The van der Waals surface area contributed by atoms with E-state index in [-0.39, 0.29) is 5.91 Å². The first kappa shape index (κ1) is 20.9. The molecule has 0 spiro atoms. The number of piperazine rings is 1. The second kappa shape index (κ2) is 9.13. The molecule has 1 heterocycles. The minimum atomic E-state index is -4.32. The van der Waals surface area contributed by atoms with Crippen LogP contribution in [0.25, 0.3) is 6.08 Å². The van der Waals surface area contributed by atoms with Crippen molar-refractivity contribution in [1.29, 1.82) is 0 Å². The zero-order chi connectivity index (χ0) is 20.9. The summed E-state index contributed by atoms with van der Waals surface area (Å²) in [4.78, 5) is 16.3. The first-order chi connectivity index (χ1) is 13.8. The third-order valence-electron chi connectivity index (χ3n) is 4.91. The van der Waals surface area contributed by atoms with Gasteiger partial charge in [-0.05, 0) is 41.5 Å². The van der Waals surface area contributed by atoms with Crippen LogP contribution < -0.4 is 4.74 Å². The Hall–Kier alpha value is -2.80. The number of amides is 1. The zero-order valence-electron chi connectivity index (χ0n) is 16.2. The third-order valence-corrected chi connectivity index (χ3v) is 4.91. The molecule has 0 N–H and O–H groups in total. The lowest BCUT2D eigenvalue weighted by molar-refractivity contribution is -0.137. The van der Waals surface area contributed by atoms with Crippen molar-refractivity contribution in [1.82, 2.24) is 9.80 Å². The fraction of sp³-hybridized carbons (Fsp3) is 0.318. The largest absolute Gasteiger partial charge is 0.497 e. The summed E-state index contributed by atoms with van der Waals surface area (Å²) in [7, 11) is 1.60. The van der Waals surface area contributed by atoms with Gasteiger partial charge in [-0.15, -0.1) is 0 Å². The molecule has 0 atom stereocenters. The van der Waals surface area contributed by atoms with Gasteiger partial charge in [0.2, 0.25) is 5.91 Å². The fourth-order valence-corrected chi connectivity index (χ4v) is 3.17. The molecule has 1 aliphatic rings. The number of carbonyl (C=O) groups excluding carboxylic acids is 1. The Bertz CT molecular complexity index is 838. The van der Waals surface area contributed by atoms with E-state index in [1.54, 1.807) is 24.2 Å². The summed E-state index contributed by atoms with van der Waals surface area (Å²) in [6.07, 6.45) is -0.979. The van der Waals surface area contributed by atoms with Gasteiger partial charge in [0.15, 0.2) is 0 Å². The maximum atomic E-state index is 12.6. The summed E-state index contributed by atoms with van der Waals surface area (Å²) in [6, 6.07) is 12.7. The Morgan fingerprint density at radius 2 is 1.62 bits per heavy atom. The average Bonchev–Trinajstić information content (AvgIpc) is 2.72. The summed E-state index contributed by atoms with van der Waals surface area (Å²) < 4.78 is 43.0. The smallest absolute Gasteiger partial charge is 0.416 e. The zero-order valence-corrected chi connectivity index (χ0v) is 16.2. The molecule has 0 saturated carbocycles. The molecule has 1 saturated heterocycles. The second-order valence-corrected chi connectivity index (χ2v) is 6.90. The van der Waals surface area contributed by atoms with Crippen molar-refractivity contribution < 1.29 is 22.7 Å². The van der Waals surface area contributed by atoms with Crippen molar-refractivity contribution in [2.45, 2.75) is 12.7 Å². The third kappa shape index (κ3) is 5.84. The summed E-state index contributed by atoms with van der Waals surface area (Å²) in [5.41, 5.74) is 1.11. The van der Waals surface area contributed by atoms with Gasteiger partial charge in [0.25, 0.3) is 0 Å². The average molecular weight is 404 g/mol. The van der Waals surface area contributed by atoms with Crippen LogP contribution in [0.15, 0.2) is 54.6 Å². The Balaban J connectivity index is 1.48. The highest BCUT2D eigenvalue weighted by atomic mass is 19.4.